The topological polar surface area (TPSA) is 18.5 Å². The minimum absolute atomic E-state index is 0.311. The number of allylic oxidation sites excluding steroid dienone is 7. The SMILES string of the molecule is CC1=CCC(Cl)=C1[SiH2]C1=C(Cl)CC=C1OCO[Si](C)(C)C. The number of rotatable bonds is 6. The van der Waals surface area contributed by atoms with Crippen molar-refractivity contribution in [2.75, 3.05) is 6.79 Å². The average Bonchev–Trinajstić information content (AvgIpc) is 2.87. The van der Waals surface area contributed by atoms with Gasteiger partial charge in [-0.25, -0.2) is 0 Å². The van der Waals surface area contributed by atoms with Gasteiger partial charge < -0.3 is 9.16 Å². The van der Waals surface area contributed by atoms with Crippen molar-refractivity contribution in [3.05, 3.63) is 43.9 Å². The molecule has 0 saturated heterocycles. The molecule has 0 aliphatic heterocycles. The van der Waals surface area contributed by atoms with Crippen LogP contribution in [0.5, 0.6) is 0 Å². The van der Waals surface area contributed by atoms with E-state index in [1.54, 1.807) is 0 Å². The first-order chi connectivity index (χ1) is 9.78. The van der Waals surface area contributed by atoms with Gasteiger partial charge >= 0.3 is 0 Å². The average molecular weight is 361 g/mol. The fraction of sp³-hybridized carbons (Fsp3) is 0.467. The van der Waals surface area contributed by atoms with E-state index < -0.39 is 17.8 Å². The van der Waals surface area contributed by atoms with Crippen molar-refractivity contribution in [3.8, 4) is 0 Å². The molecule has 2 aliphatic rings. The van der Waals surface area contributed by atoms with Crippen LogP contribution in [-0.2, 0) is 9.16 Å². The lowest BCUT2D eigenvalue weighted by atomic mass is 10.3. The van der Waals surface area contributed by atoms with E-state index in [-0.39, 0.29) is 0 Å². The van der Waals surface area contributed by atoms with Gasteiger partial charge in [-0.15, -0.1) is 0 Å². The van der Waals surface area contributed by atoms with E-state index in [1.165, 1.54) is 16.0 Å². The Kier molecular flexibility index (Phi) is 5.60. The molecule has 0 saturated carbocycles. The Morgan fingerprint density at radius 1 is 1.10 bits per heavy atom. The lowest BCUT2D eigenvalue weighted by Gasteiger charge is -2.19. The van der Waals surface area contributed by atoms with E-state index in [0.29, 0.717) is 6.79 Å². The zero-order valence-corrected chi connectivity index (χ0v) is 17.0. The van der Waals surface area contributed by atoms with Gasteiger partial charge in [0.15, 0.2) is 15.1 Å². The maximum atomic E-state index is 6.38. The lowest BCUT2D eigenvalue weighted by molar-refractivity contribution is 0.0610. The molecule has 0 radical (unpaired) electrons. The molecule has 6 heteroatoms. The summed E-state index contributed by atoms with van der Waals surface area (Å²) in [5, 5.41) is 4.37. The van der Waals surface area contributed by atoms with Gasteiger partial charge in [0.1, 0.15) is 5.76 Å². The maximum Gasteiger partial charge on any atom is 0.188 e. The molecule has 0 spiro atoms. The van der Waals surface area contributed by atoms with Crippen molar-refractivity contribution in [2.45, 2.75) is 39.4 Å². The molecule has 0 N–H and O–H groups in total. The first kappa shape index (κ1) is 17.1. The smallest absolute Gasteiger partial charge is 0.188 e. The minimum atomic E-state index is -1.56. The highest BCUT2D eigenvalue weighted by molar-refractivity contribution is 6.69. The summed E-state index contributed by atoms with van der Waals surface area (Å²) in [5.74, 6) is 0.904. The second-order valence-corrected chi connectivity index (χ2v) is 13.5. The zero-order chi connectivity index (χ0) is 15.6. The quantitative estimate of drug-likeness (QED) is 0.512. The van der Waals surface area contributed by atoms with E-state index in [2.05, 4.69) is 38.7 Å². The number of ether oxygens (including phenoxy) is 1. The van der Waals surface area contributed by atoms with Crippen molar-refractivity contribution < 1.29 is 9.16 Å². The molecule has 21 heavy (non-hydrogen) atoms. The molecule has 0 amide bonds. The predicted molar refractivity (Wildman–Crippen MR) is 95.8 cm³/mol. The molecule has 0 heterocycles. The molecular formula is C15H22Cl2O2Si2. The Bertz CT molecular complexity index is 555. The van der Waals surface area contributed by atoms with Crippen LogP contribution < -0.4 is 0 Å². The third-order valence-electron chi connectivity index (χ3n) is 3.54. The van der Waals surface area contributed by atoms with Crippen molar-refractivity contribution in [1.29, 1.82) is 0 Å². The standard InChI is InChI=1S/C15H22Cl2O2Si2/c1-10-5-6-11(16)14(10)20-15-12(17)7-8-13(15)18-9-19-21(2,3)4/h5,8H,6-7,9,20H2,1-4H3. The summed E-state index contributed by atoms with van der Waals surface area (Å²) in [6.45, 7) is 8.88. The molecule has 116 valence electrons. The molecular weight excluding hydrogens is 339 g/mol. The second kappa shape index (κ2) is 6.88. The van der Waals surface area contributed by atoms with Crippen LogP contribution in [0.4, 0.5) is 0 Å². The zero-order valence-electron chi connectivity index (χ0n) is 13.1. The molecule has 0 aromatic carbocycles. The number of halogens is 2. The van der Waals surface area contributed by atoms with Crippen LogP contribution in [0.3, 0.4) is 0 Å². The fourth-order valence-electron chi connectivity index (χ4n) is 2.28. The van der Waals surface area contributed by atoms with Crippen LogP contribution in [0.1, 0.15) is 19.8 Å². The molecule has 0 aromatic heterocycles. The predicted octanol–water partition coefficient (Wildman–Crippen LogP) is 4.52. The van der Waals surface area contributed by atoms with E-state index >= 15 is 0 Å². The largest absolute Gasteiger partial charge is 0.469 e. The Balaban J connectivity index is 2.01. The van der Waals surface area contributed by atoms with E-state index in [0.717, 1.165) is 28.7 Å². The monoisotopic (exact) mass is 360 g/mol. The van der Waals surface area contributed by atoms with E-state index in [9.17, 15) is 0 Å². The highest BCUT2D eigenvalue weighted by atomic mass is 35.5. The third-order valence-corrected chi connectivity index (χ3v) is 8.21. The van der Waals surface area contributed by atoms with Gasteiger partial charge in [0.05, 0.1) is 9.52 Å². The van der Waals surface area contributed by atoms with Crippen molar-refractivity contribution in [2.24, 2.45) is 0 Å². The summed E-state index contributed by atoms with van der Waals surface area (Å²) in [6.07, 6.45) is 5.87. The maximum absolute atomic E-state index is 6.38. The molecule has 2 aliphatic carbocycles. The lowest BCUT2D eigenvalue weighted by Crippen LogP contribution is -2.26. The summed E-state index contributed by atoms with van der Waals surface area (Å²) in [7, 11) is -2.25. The van der Waals surface area contributed by atoms with E-state index in [1.807, 2.05) is 0 Å². The second-order valence-electron chi connectivity index (χ2n) is 6.33. The van der Waals surface area contributed by atoms with E-state index in [4.69, 9.17) is 32.4 Å². The first-order valence-corrected chi connectivity index (χ1v) is 12.8. The van der Waals surface area contributed by atoms with Crippen LogP contribution >= 0.6 is 23.2 Å². The summed E-state index contributed by atoms with van der Waals surface area (Å²) in [4.78, 5) is 0. The highest BCUT2D eigenvalue weighted by Gasteiger charge is 2.23. The van der Waals surface area contributed by atoms with Gasteiger partial charge in [0.25, 0.3) is 0 Å². The van der Waals surface area contributed by atoms with Crippen LogP contribution in [0.2, 0.25) is 19.6 Å². The van der Waals surface area contributed by atoms with Crippen LogP contribution in [0.25, 0.3) is 0 Å². The summed E-state index contributed by atoms with van der Waals surface area (Å²) < 4.78 is 11.6. The minimum Gasteiger partial charge on any atom is -0.469 e. The van der Waals surface area contributed by atoms with Gasteiger partial charge in [-0.1, -0.05) is 34.9 Å². The van der Waals surface area contributed by atoms with Crippen LogP contribution in [0.15, 0.2) is 43.9 Å². The molecule has 0 bridgehead atoms. The van der Waals surface area contributed by atoms with Gasteiger partial charge in [0.2, 0.25) is 0 Å². The summed E-state index contributed by atoms with van der Waals surface area (Å²) >= 11 is 12.7. The van der Waals surface area contributed by atoms with Gasteiger partial charge in [0, 0.05) is 22.9 Å². The van der Waals surface area contributed by atoms with Gasteiger partial charge in [-0.3, -0.25) is 0 Å². The molecule has 2 rings (SSSR count). The van der Waals surface area contributed by atoms with Crippen LogP contribution in [0, 0.1) is 0 Å². The molecule has 0 unspecified atom stereocenters. The summed E-state index contributed by atoms with van der Waals surface area (Å²) in [6, 6.07) is 0. The van der Waals surface area contributed by atoms with Gasteiger partial charge in [-0.2, -0.15) is 0 Å². The van der Waals surface area contributed by atoms with Crippen molar-refractivity contribution in [1.82, 2.24) is 0 Å². The Labute approximate surface area is 140 Å². The van der Waals surface area contributed by atoms with Crippen LogP contribution in [-0.4, -0.2) is 24.6 Å². The summed E-state index contributed by atoms with van der Waals surface area (Å²) in [5.41, 5.74) is 1.30. The number of hydrogen-bond donors (Lipinski definition) is 0. The highest BCUT2D eigenvalue weighted by Crippen LogP contribution is 2.35. The Morgan fingerprint density at radius 3 is 2.29 bits per heavy atom. The molecule has 0 aromatic rings. The molecule has 0 fully saturated rings. The van der Waals surface area contributed by atoms with Crippen molar-refractivity contribution in [3.63, 3.8) is 0 Å². The van der Waals surface area contributed by atoms with Crippen molar-refractivity contribution >= 4 is 41.0 Å². The third kappa shape index (κ3) is 4.60. The number of hydrogen-bond acceptors (Lipinski definition) is 2. The Hall–Kier alpha value is -0.266. The molecule has 2 nitrogen and oxygen atoms in total. The van der Waals surface area contributed by atoms with Gasteiger partial charge in [-0.05, 0) is 43.0 Å². The fourth-order valence-corrected chi connectivity index (χ4v) is 5.36. The Morgan fingerprint density at radius 2 is 1.71 bits per heavy atom. The first-order valence-electron chi connectivity index (χ1n) is 7.17. The normalized spacial score (nSPS) is 19.9. The molecule has 0 atom stereocenters.